The molecule has 0 bridgehead atoms. The third-order valence-electron chi connectivity index (χ3n) is 4.19. The molecule has 0 aliphatic rings. The highest BCUT2D eigenvalue weighted by atomic mass is 16.5. The number of hydrogen-bond donors (Lipinski definition) is 0. The van der Waals surface area contributed by atoms with Crippen LogP contribution in [-0.4, -0.2) is 15.8 Å². The van der Waals surface area contributed by atoms with E-state index in [4.69, 9.17) is 0 Å². The zero-order valence-corrected chi connectivity index (χ0v) is 16.0. The summed E-state index contributed by atoms with van der Waals surface area (Å²) < 4.78 is 1.16. The maximum atomic E-state index is 12.4. The van der Waals surface area contributed by atoms with Crippen molar-refractivity contribution in [1.82, 2.24) is 9.90 Å². The van der Waals surface area contributed by atoms with E-state index in [0.717, 1.165) is 35.9 Å². The van der Waals surface area contributed by atoms with Crippen LogP contribution in [-0.2, 0) is 0 Å². The molecule has 5 nitrogen and oxygen atoms in total. The van der Waals surface area contributed by atoms with Crippen molar-refractivity contribution in [2.45, 2.75) is 53.4 Å². The number of fused-ring (bicyclic) bond motifs is 1. The molecule has 0 fully saturated rings. The van der Waals surface area contributed by atoms with Crippen LogP contribution < -0.4 is 4.85 Å². The Kier molecular flexibility index (Phi) is 6.89. The predicted molar refractivity (Wildman–Crippen MR) is 105 cm³/mol. The van der Waals surface area contributed by atoms with E-state index in [2.05, 4.69) is 38.1 Å². The van der Waals surface area contributed by atoms with Crippen molar-refractivity contribution in [3.63, 3.8) is 0 Å². The summed E-state index contributed by atoms with van der Waals surface area (Å²) in [5, 5.41) is 15.5. The summed E-state index contributed by atoms with van der Waals surface area (Å²) in [6.45, 7) is 8.30. The minimum absolute atomic E-state index is 0.294. The summed E-state index contributed by atoms with van der Waals surface area (Å²) in [5.41, 5.74) is 4.60. The number of carbonyl (C=O) groups excluding carboxylic acids is 1. The van der Waals surface area contributed by atoms with E-state index in [9.17, 15) is 10.0 Å². The molecule has 1 aromatic carbocycles. The lowest BCUT2D eigenvalue weighted by Gasteiger charge is -2.00. The summed E-state index contributed by atoms with van der Waals surface area (Å²) in [6, 6.07) is 6.91. The average Bonchev–Trinajstić information content (AvgIpc) is 2.92. The van der Waals surface area contributed by atoms with Gasteiger partial charge in [0, 0.05) is 6.08 Å². The Balaban J connectivity index is 1.96. The SMILES string of the molecule is CC(C)=CCC/C(C)=C/CC/C(C)=C/C(=O)n1n[n+]([O-])c2ccccc21. The van der Waals surface area contributed by atoms with Gasteiger partial charge >= 0.3 is 5.91 Å². The molecule has 0 aliphatic heterocycles. The second kappa shape index (κ2) is 9.13. The molecular weight excluding hydrogens is 326 g/mol. The quantitative estimate of drug-likeness (QED) is 0.313. The van der Waals surface area contributed by atoms with Crippen LogP contribution in [0.1, 0.15) is 58.2 Å². The molecule has 0 aliphatic carbocycles. The second-order valence-corrected chi connectivity index (χ2v) is 6.90. The predicted octanol–water partition coefficient (Wildman–Crippen LogP) is 4.73. The van der Waals surface area contributed by atoms with Gasteiger partial charge in [-0.3, -0.25) is 0 Å². The van der Waals surface area contributed by atoms with Gasteiger partial charge in [0.15, 0.2) is 0 Å². The van der Waals surface area contributed by atoms with Gasteiger partial charge in [0.2, 0.25) is 11.0 Å². The molecule has 0 atom stereocenters. The van der Waals surface area contributed by atoms with Gasteiger partial charge in [-0.15, -0.1) is 4.85 Å². The van der Waals surface area contributed by atoms with Crippen LogP contribution >= 0.6 is 0 Å². The van der Waals surface area contributed by atoms with E-state index >= 15 is 0 Å². The fourth-order valence-corrected chi connectivity index (χ4v) is 2.73. The maximum absolute atomic E-state index is 12.4. The number of para-hydroxylation sites is 2. The zero-order chi connectivity index (χ0) is 19.1. The smallest absolute Gasteiger partial charge is 0.359 e. The lowest BCUT2D eigenvalue weighted by molar-refractivity contribution is -0.645. The van der Waals surface area contributed by atoms with Gasteiger partial charge in [0.25, 0.3) is 0 Å². The van der Waals surface area contributed by atoms with E-state index < -0.39 is 0 Å². The summed E-state index contributed by atoms with van der Waals surface area (Å²) in [7, 11) is 0. The monoisotopic (exact) mass is 353 g/mol. The van der Waals surface area contributed by atoms with Crippen molar-refractivity contribution >= 4 is 16.9 Å². The Morgan fingerprint density at radius 2 is 1.73 bits per heavy atom. The topological polar surface area (TPSA) is 61.8 Å². The molecule has 0 spiro atoms. The van der Waals surface area contributed by atoms with Crippen molar-refractivity contribution in [3.05, 3.63) is 64.4 Å². The van der Waals surface area contributed by atoms with Crippen LogP contribution in [0.3, 0.4) is 0 Å². The first-order valence-electron chi connectivity index (χ1n) is 8.96. The fraction of sp³-hybridized carbons (Fsp3) is 0.381. The minimum Gasteiger partial charge on any atom is -0.691 e. The normalized spacial score (nSPS) is 12.5. The van der Waals surface area contributed by atoms with Crippen LogP contribution in [0.2, 0.25) is 0 Å². The van der Waals surface area contributed by atoms with Crippen LogP contribution in [0.15, 0.2) is 59.2 Å². The first kappa shape index (κ1) is 19.6. The molecule has 0 saturated carbocycles. The largest absolute Gasteiger partial charge is 0.691 e. The molecule has 0 radical (unpaired) electrons. The van der Waals surface area contributed by atoms with Crippen LogP contribution in [0, 0.1) is 5.21 Å². The number of aromatic nitrogens is 3. The van der Waals surface area contributed by atoms with Gasteiger partial charge in [-0.05, 0) is 65.5 Å². The van der Waals surface area contributed by atoms with Gasteiger partial charge in [-0.1, -0.05) is 45.7 Å². The summed E-state index contributed by atoms with van der Waals surface area (Å²) in [6.07, 6.45) is 9.88. The molecule has 1 aromatic heterocycles. The van der Waals surface area contributed by atoms with E-state index in [0.29, 0.717) is 15.9 Å². The minimum atomic E-state index is -0.294. The van der Waals surface area contributed by atoms with Crippen LogP contribution in [0.25, 0.3) is 11.0 Å². The number of carbonyl (C=O) groups is 1. The van der Waals surface area contributed by atoms with Crippen molar-refractivity contribution in [3.8, 4) is 0 Å². The molecule has 0 saturated heterocycles. The number of nitrogens with zero attached hydrogens (tertiary/aromatic N) is 3. The zero-order valence-electron chi connectivity index (χ0n) is 16.0. The van der Waals surface area contributed by atoms with E-state index in [1.807, 2.05) is 6.92 Å². The molecule has 5 heteroatoms. The highest BCUT2D eigenvalue weighted by Gasteiger charge is 2.19. The highest BCUT2D eigenvalue weighted by molar-refractivity contribution is 5.95. The maximum Gasteiger partial charge on any atom is 0.359 e. The Morgan fingerprint density at radius 1 is 1.08 bits per heavy atom. The molecule has 0 N–H and O–H groups in total. The Hall–Kier alpha value is -2.69. The molecule has 0 amide bonds. The Morgan fingerprint density at radius 3 is 2.46 bits per heavy atom. The number of rotatable bonds is 7. The van der Waals surface area contributed by atoms with Gasteiger partial charge in [0.05, 0.1) is 0 Å². The molecular formula is C21H27N3O2. The first-order chi connectivity index (χ1) is 12.4. The Bertz CT molecular complexity index is 869. The van der Waals surface area contributed by atoms with Gasteiger partial charge in [-0.2, -0.15) is 0 Å². The number of benzene rings is 1. The lowest BCUT2D eigenvalue weighted by atomic mass is 10.1. The Labute approximate surface area is 154 Å². The first-order valence-corrected chi connectivity index (χ1v) is 8.96. The third kappa shape index (κ3) is 5.41. The summed E-state index contributed by atoms with van der Waals surface area (Å²) in [4.78, 5) is 12.9. The van der Waals surface area contributed by atoms with Crippen LogP contribution in [0.5, 0.6) is 0 Å². The lowest BCUT2D eigenvalue weighted by Crippen LogP contribution is -2.30. The van der Waals surface area contributed by atoms with Crippen molar-refractivity contribution in [2.75, 3.05) is 0 Å². The molecule has 26 heavy (non-hydrogen) atoms. The molecule has 1 heterocycles. The number of allylic oxidation sites excluding steroid dienone is 6. The van der Waals surface area contributed by atoms with E-state index in [1.165, 1.54) is 11.1 Å². The number of hydrogen-bond acceptors (Lipinski definition) is 3. The van der Waals surface area contributed by atoms with Crippen molar-refractivity contribution in [1.29, 1.82) is 0 Å². The molecule has 2 rings (SSSR count). The van der Waals surface area contributed by atoms with Crippen LogP contribution in [0.4, 0.5) is 0 Å². The van der Waals surface area contributed by atoms with E-state index in [1.54, 1.807) is 30.3 Å². The fourth-order valence-electron chi connectivity index (χ4n) is 2.73. The van der Waals surface area contributed by atoms with Gasteiger partial charge < -0.3 is 5.21 Å². The molecule has 0 unspecified atom stereocenters. The van der Waals surface area contributed by atoms with Gasteiger partial charge in [-0.25, -0.2) is 4.79 Å². The molecule has 138 valence electrons. The van der Waals surface area contributed by atoms with Gasteiger partial charge in [0.1, 0.15) is 5.21 Å². The average molecular weight is 353 g/mol. The summed E-state index contributed by atoms with van der Waals surface area (Å²) >= 11 is 0. The van der Waals surface area contributed by atoms with Crippen molar-refractivity contribution in [2.24, 2.45) is 0 Å². The standard InChI is InChI=1S/C21H27N3O2/c1-16(2)9-7-10-17(3)11-8-12-18(4)15-21(25)23-19-13-5-6-14-20(19)24(26)22-23/h5-6,9,11,13-15H,7-8,10,12H2,1-4H3/b17-11+,18-15+. The molecule has 2 aromatic rings. The summed E-state index contributed by atoms with van der Waals surface area (Å²) in [5.74, 6) is -0.294. The van der Waals surface area contributed by atoms with Crippen molar-refractivity contribution < 1.29 is 9.64 Å². The highest BCUT2D eigenvalue weighted by Crippen LogP contribution is 2.13. The van der Waals surface area contributed by atoms with E-state index in [-0.39, 0.29) is 5.91 Å². The second-order valence-electron chi connectivity index (χ2n) is 6.90. The third-order valence-corrected chi connectivity index (χ3v) is 4.19.